The van der Waals surface area contributed by atoms with E-state index < -0.39 is 5.91 Å². The average molecular weight is 422 g/mol. The lowest BCUT2D eigenvalue weighted by Crippen LogP contribution is -2.08. The molecule has 4 heteroatoms. The number of primary amides is 1. The van der Waals surface area contributed by atoms with Crippen molar-refractivity contribution in [2.45, 2.75) is 39.2 Å². The van der Waals surface area contributed by atoms with Gasteiger partial charge in [-0.15, -0.1) is 0 Å². The molecule has 2 N–H and O–H groups in total. The van der Waals surface area contributed by atoms with Gasteiger partial charge >= 0.3 is 0 Å². The number of nitrogens with zero attached hydrogens (tertiary/aromatic N) is 2. The van der Waals surface area contributed by atoms with E-state index in [-0.39, 0.29) is 0 Å². The molecule has 3 aromatic carbocycles. The van der Waals surface area contributed by atoms with Gasteiger partial charge in [0.1, 0.15) is 5.82 Å². The Morgan fingerprint density at radius 3 is 2.59 bits per heavy atom. The number of benzene rings is 3. The van der Waals surface area contributed by atoms with Crippen molar-refractivity contribution in [3.63, 3.8) is 0 Å². The first kappa shape index (κ1) is 20.3. The quantitative estimate of drug-likeness (QED) is 0.458. The fourth-order valence-electron chi connectivity index (χ4n) is 4.83. The van der Waals surface area contributed by atoms with Gasteiger partial charge in [0.15, 0.2) is 0 Å². The molecule has 0 bridgehead atoms. The van der Waals surface area contributed by atoms with Crippen LogP contribution in [0, 0.1) is 0 Å². The number of carbonyl (C=O) groups is 1. The minimum Gasteiger partial charge on any atom is -0.366 e. The zero-order chi connectivity index (χ0) is 22.1. The highest BCUT2D eigenvalue weighted by Crippen LogP contribution is 2.34. The van der Waals surface area contributed by atoms with Gasteiger partial charge in [-0.25, -0.2) is 4.98 Å². The Kier molecular flexibility index (Phi) is 5.36. The third kappa shape index (κ3) is 3.73. The first-order valence-corrected chi connectivity index (χ1v) is 11.3. The average Bonchev–Trinajstić information content (AvgIpc) is 3.05. The molecule has 160 valence electrons. The van der Waals surface area contributed by atoms with Gasteiger partial charge in [0.05, 0.1) is 11.0 Å². The van der Waals surface area contributed by atoms with E-state index in [9.17, 15) is 4.79 Å². The number of para-hydroxylation sites is 2. The molecule has 0 saturated heterocycles. The molecule has 0 atom stereocenters. The van der Waals surface area contributed by atoms with Crippen molar-refractivity contribution in [2.24, 2.45) is 5.73 Å². The van der Waals surface area contributed by atoms with Crippen LogP contribution in [0.3, 0.4) is 0 Å². The molecule has 1 aliphatic carbocycles. The Morgan fingerprint density at radius 2 is 1.75 bits per heavy atom. The lowest BCUT2D eigenvalue weighted by Gasteiger charge is -2.14. The molecule has 1 heterocycles. The molecule has 4 aromatic rings. The summed E-state index contributed by atoms with van der Waals surface area (Å²) in [7, 11) is 0. The first-order chi connectivity index (χ1) is 15.6. The summed E-state index contributed by atoms with van der Waals surface area (Å²) in [6.45, 7) is 2.97. The number of nitrogens with two attached hydrogens (primary N) is 1. The predicted molar refractivity (Wildman–Crippen MR) is 129 cm³/mol. The number of fused-ring (bicyclic) bond motifs is 3. The van der Waals surface area contributed by atoms with Crippen LogP contribution in [-0.2, 0) is 30.6 Å². The van der Waals surface area contributed by atoms with Gasteiger partial charge in [-0.05, 0) is 64.8 Å². The minimum absolute atomic E-state index is 0.416. The molecule has 4 nitrogen and oxygen atoms in total. The van der Waals surface area contributed by atoms with E-state index in [1.165, 1.54) is 22.2 Å². The molecule has 0 saturated carbocycles. The Labute approximate surface area is 188 Å². The second-order valence-electron chi connectivity index (χ2n) is 8.46. The van der Waals surface area contributed by atoms with Crippen LogP contribution in [0.25, 0.3) is 16.6 Å². The predicted octanol–water partition coefficient (Wildman–Crippen LogP) is 5.05. The van der Waals surface area contributed by atoms with Crippen molar-refractivity contribution >= 4 is 22.5 Å². The Balaban J connectivity index is 1.58. The van der Waals surface area contributed by atoms with Crippen LogP contribution in [0.1, 0.15) is 47.0 Å². The lowest BCUT2D eigenvalue weighted by atomic mass is 9.92. The van der Waals surface area contributed by atoms with E-state index >= 15 is 0 Å². The summed E-state index contributed by atoms with van der Waals surface area (Å²) in [4.78, 5) is 16.7. The highest BCUT2D eigenvalue weighted by molar-refractivity contribution is 5.99. The molecule has 32 heavy (non-hydrogen) atoms. The Morgan fingerprint density at radius 1 is 1.00 bits per heavy atom. The summed E-state index contributed by atoms with van der Waals surface area (Å²) in [6.07, 6.45) is 5.47. The van der Waals surface area contributed by atoms with Crippen molar-refractivity contribution in [3.05, 3.63) is 106 Å². The third-order valence-corrected chi connectivity index (χ3v) is 6.27. The third-order valence-electron chi connectivity index (χ3n) is 6.27. The monoisotopic (exact) mass is 421 g/mol. The van der Waals surface area contributed by atoms with E-state index in [1.54, 1.807) is 6.08 Å². The fraction of sp³-hybridized carbons (Fsp3) is 0.214. The standard InChI is InChI=1S/C28H27N3O/c1-2-7-28-30-25-10-5-6-11-26(25)31(28)18-19-12-15-23-21(16-19)14-13-20-8-3-4-9-22(20)24(23)17-27(29)32/h3-6,8-12,15-17H,2,7,13-14,18H2,1H3,(H2,29,32). The number of hydrogen-bond acceptors (Lipinski definition) is 2. The lowest BCUT2D eigenvalue weighted by molar-refractivity contribution is -0.113. The summed E-state index contributed by atoms with van der Waals surface area (Å²) in [5.41, 5.74) is 14.7. The molecule has 1 aromatic heterocycles. The zero-order valence-corrected chi connectivity index (χ0v) is 18.3. The van der Waals surface area contributed by atoms with Crippen molar-refractivity contribution < 1.29 is 4.79 Å². The number of amides is 1. The van der Waals surface area contributed by atoms with Gasteiger partial charge in [0.2, 0.25) is 5.91 Å². The molecule has 0 unspecified atom stereocenters. The SMILES string of the molecule is CCCc1nc2ccccc2n1Cc1ccc2c(c1)CCc1ccccc1C2=CC(N)=O. The maximum absolute atomic E-state index is 11.8. The fourth-order valence-corrected chi connectivity index (χ4v) is 4.83. The number of aromatic nitrogens is 2. The summed E-state index contributed by atoms with van der Waals surface area (Å²) in [6, 6.07) is 23.3. The van der Waals surface area contributed by atoms with Crippen molar-refractivity contribution in [3.8, 4) is 0 Å². The van der Waals surface area contributed by atoms with Crippen LogP contribution >= 0.6 is 0 Å². The molecule has 0 radical (unpaired) electrons. The molecule has 1 amide bonds. The van der Waals surface area contributed by atoms with Crippen LogP contribution in [0.15, 0.2) is 72.8 Å². The van der Waals surface area contributed by atoms with E-state index in [0.717, 1.165) is 60.3 Å². The van der Waals surface area contributed by atoms with Gasteiger partial charge in [-0.2, -0.15) is 0 Å². The number of hydrogen-bond donors (Lipinski definition) is 1. The molecule has 1 aliphatic rings. The van der Waals surface area contributed by atoms with E-state index in [2.05, 4.69) is 66.1 Å². The van der Waals surface area contributed by atoms with Gasteiger partial charge in [-0.1, -0.05) is 61.5 Å². The van der Waals surface area contributed by atoms with Crippen molar-refractivity contribution in [1.29, 1.82) is 0 Å². The smallest absolute Gasteiger partial charge is 0.242 e. The summed E-state index contributed by atoms with van der Waals surface area (Å²) in [5, 5.41) is 0. The summed E-state index contributed by atoms with van der Waals surface area (Å²) in [5.74, 6) is 0.714. The maximum atomic E-state index is 11.8. The van der Waals surface area contributed by atoms with Gasteiger partial charge in [0.25, 0.3) is 0 Å². The highest BCUT2D eigenvalue weighted by atomic mass is 16.1. The van der Waals surface area contributed by atoms with E-state index in [0.29, 0.717) is 0 Å². The largest absolute Gasteiger partial charge is 0.366 e. The summed E-state index contributed by atoms with van der Waals surface area (Å²) >= 11 is 0. The number of rotatable bonds is 5. The van der Waals surface area contributed by atoms with E-state index in [1.807, 2.05) is 12.1 Å². The normalized spacial score (nSPS) is 14.2. The second kappa shape index (κ2) is 8.46. The maximum Gasteiger partial charge on any atom is 0.242 e. The topological polar surface area (TPSA) is 60.9 Å². The molecular weight excluding hydrogens is 394 g/mol. The molecule has 5 rings (SSSR count). The van der Waals surface area contributed by atoms with Crippen molar-refractivity contribution in [1.82, 2.24) is 9.55 Å². The summed E-state index contributed by atoms with van der Waals surface area (Å²) < 4.78 is 2.34. The molecule has 0 fully saturated rings. The van der Waals surface area contributed by atoms with Crippen LogP contribution in [0.4, 0.5) is 0 Å². The van der Waals surface area contributed by atoms with Gasteiger partial charge in [0, 0.05) is 19.0 Å². The number of imidazole rings is 1. The van der Waals surface area contributed by atoms with Crippen LogP contribution in [-0.4, -0.2) is 15.5 Å². The van der Waals surface area contributed by atoms with Gasteiger partial charge < -0.3 is 10.3 Å². The van der Waals surface area contributed by atoms with Crippen LogP contribution < -0.4 is 5.73 Å². The van der Waals surface area contributed by atoms with Crippen molar-refractivity contribution in [2.75, 3.05) is 0 Å². The molecule has 0 spiro atoms. The second-order valence-corrected chi connectivity index (χ2v) is 8.46. The number of aryl methyl sites for hydroxylation is 3. The van der Waals surface area contributed by atoms with Crippen LogP contribution in [0.5, 0.6) is 0 Å². The van der Waals surface area contributed by atoms with Gasteiger partial charge in [-0.3, -0.25) is 4.79 Å². The van der Waals surface area contributed by atoms with E-state index in [4.69, 9.17) is 10.7 Å². The number of carbonyl (C=O) groups excluding carboxylic acids is 1. The molecule has 0 aliphatic heterocycles. The first-order valence-electron chi connectivity index (χ1n) is 11.3. The highest BCUT2D eigenvalue weighted by Gasteiger charge is 2.19. The minimum atomic E-state index is -0.416. The zero-order valence-electron chi connectivity index (χ0n) is 18.3. The molecular formula is C28H27N3O. The van der Waals surface area contributed by atoms with Crippen LogP contribution in [0.2, 0.25) is 0 Å². The Hall–Kier alpha value is -3.66. The Bertz CT molecular complexity index is 1350.